The fraction of sp³-hybridized carbons (Fsp3) is 0.593. The molecule has 0 unspecified atom stereocenters. The fourth-order valence-corrected chi connectivity index (χ4v) is 8.15. The van der Waals surface area contributed by atoms with Gasteiger partial charge in [-0.15, -0.1) is 0 Å². The maximum absolute atomic E-state index is 13.5. The highest BCUT2D eigenvalue weighted by Crippen LogP contribution is 2.73. The summed E-state index contributed by atoms with van der Waals surface area (Å²) in [5.74, 6) is -4.94. The molecule has 3 bridgehead atoms. The SMILES string of the molecule is C=C(C)[C@@]12O[C@@]3(c4ccccc4)O[C@@H]1[C@@H]1[C@@H]4O[C@]4(CO)[C@@H](O)[C@@]4(O)C(=O)C(C)=C[C@H]4[C@@]1(O3)[C@H](C)[C@H]2O. The lowest BCUT2D eigenvalue weighted by Crippen LogP contribution is -2.76. The second-order valence-electron chi connectivity index (χ2n) is 11.4. The van der Waals surface area contributed by atoms with Crippen LogP contribution < -0.4 is 0 Å². The average molecular weight is 499 g/mol. The Morgan fingerprint density at radius 1 is 1.11 bits per heavy atom. The zero-order valence-electron chi connectivity index (χ0n) is 20.2. The molecule has 0 spiro atoms. The Labute approximate surface area is 207 Å². The van der Waals surface area contributed by atoms with Crippen LogP contribution in [0.15, 0.2) is 54.1 Å². The van der Waals surface area contributed by atoms with Gasteiger partial charge in [0, 0.05) is 23.3 Å². The molecule has 0 amide bonds. The molecule has 5 fully saturated rings. The quantitative estimate of drug-likeness (QED) is 0.342. The number of aliphatic hydroxyl groups excluding tert-OH is 3. The molecule has 2 saturated carbocycles. The van der Waals surface area contributed by atoms with Gasteiger partial charge in [-0.1, -0.05) is 49.9 Å². The maximum Gasteiger partial charge on any atom is 0.314 e. The van der Waals surface area contributed by atoms with Crippen LogP contribution in [-0.2, 0) is 29.7 Å². The predicted octanol–water partition coefficient (Wildman–Crippen LogP) is 0.304. The Kier molecular flexibility index (Phi) is 4.21. The van der Waals surface area contributed by atoms with Crippen LogP contribution in [0.3, 0.4) is 0 Å². The zero-order chi connectivity index (χ0) is 25.6. The van der Waals surface area contributed by atoms with Crippen LogP contribution in [0, 0.1) is 17.8 Å². The summed E-state index contributed by atoms with van der Waals surface area (Å²) in [7, 11) is 0. The van der Waals surface area contributed by atoms with E-state index in [0.717, 1.165) is 0 Å². The van der Waals surface area contributed by atoms with Gasteiger partial charge in [-0.3, -0.25) is 4.79 Å². The van der Waals surface area contributed by atoms with Crippen molar-refractivity contribution in [1.29, 1.82) is 0 Å². The fourth-order valence-electron chi connectivity index (χ4n) is 8.15. The first-order valence-electron chi connectivity index (χ1n) is 12.4. The lowest BCUT2D eigenvalue weighted by molar-refractivity contribution is -0.440. The molecular weight excluding hydrogens is 468 g/mol. The van der Waals surface area contributed by atoms with E-state index >= 15 is 0 Å². The minimum Gasteiger partial charge on any atom is -0.393 e. The predicted molar refractivity (Wildman–Crippen MR) is 122 cm³/mol. The second-order valence-corrected chi connectivity index (χ2v) is 11.4. The highest BCUT2D eigenvalue weighted by atomic mass is 16.9. The Balaban J connectivity index is 1.56. The van der Waals surface area contributed by atoms with Crippen molar-refractivity contribution in [3.63, 3.8) is 0 Å². The van der Waals surface area contributed by atoms with E-state index in [1.165, 1.54) is 0 Å². The van der Waals surface area contributed by atoms with Crippen molar-refractivity contribution in [3.05, 3.63) is 59.7 Å². The van der Waals surface area contributed by atoms with Gasteiger partial charge in [-0.2, -0.15) is 0 Å². The third-order valence-corrected chi connectivity index (χ3v) is 9.91. The van der Waals surface area contributed by atoms with E-state index in [1.54, 1.807) is 39.0 Å². The first-order chi connectivity index (χ1) is 17.0. The number of Topliss-reactive ketones (excluding diaryl/α,β-unsaturated/α-hetero) is 1. The lowest BCUT2D eigenvalue weighted by atomic mass is 9.53. The normalized spacial score (nSPS) is 55.9. The monoisotopic (exact) mass is 498 g/mol. The number of rotatable bonds is 3. The van der Waals surface area contributed by atoms with E-state index in [2.05, 4.69) is 6.58 Å². The van der Waals surface area contributed by atoms with Crippen LogP contribution in [0.1, 0.15) is 26.3 Å². The van der Waals surface area contributed by atoms with Gasteiger partial charge in [0.2, 0.25) is 0 Å². The molecule has 0 radical (unpaired) electrons. The lowest BCUT2D eigenvalue weighted by Gasteiger charge is -2.61. The number of ketones is 1. The van der Waals surface area contributed by atoms with E-state index in [4.69, 9.17) is 18.9 Å². The molecule has 6 aliphatic rings. The Bertz CT molecular complexity index is 1230. The number of aliphatic hydroxyl groups is 4. The topological polar surface area (TPSA) is 138 Å². The molecule has 36 heavy (non-hydrogen) atoms. The summed E-state index contributed by atoms with van der Waals surface area (Å²) < 4.78 is 26.1. The molecule has 1 aromatic rings. The van der Waals surface area contributed by atoms with Gasteiger partial charge in [0.15, 0.2) is 11.4 Å². The van der Waals surface area contributed by atoms with Crippen LogP contribution in [0.4, 0.5) is 0 Å². The minimum absolute atomic E-state index is 0.261. The van der Waals surface area contributed by atoms with Crippen LogP contribution in [0.2, 0.25) is 0 Å². The Morgan fingerprint density at radius 3 is 2.44 bits per heavy atom. The van der Waals surface area contributed by atoms with E-state index in [1.807, 2.05) is 18.2 Å². The van der Waals surface area contributed by atoms with Gasteiger partial charge < -0.3 is 39.4 Å². The molecule has 9 heteroatoms. The molecule has 1 aromatic carbocycles. The van der Waals surface area contributed by atoms with Gasteiger partial charge in [0.25, 0.3) is 0 Å². The van der Waals surface area contributed by atoms with Gasteiger partial charge in [0.1, 0.15) is 29.5 Å². The van der Waals surface area contributed by atoms with Crippen LogP contribution in [-0.4, -0.2) is 79.6 Å². The summed E-state index contributed by atoms with van der Waals surface area (Å²) in [5, 5.41) is 45.9. The number of benzene rings is 1. The van der Waals surface area contributed by atoms with Gasteiger partial charge in [0.05, 0.1) is 18.3 Å². The molecule has 3 aliphatic heterocycles. The van der Waals surface area contributed by atoms with Crippen LogP contribution >= 0.6 is 0 Å². The Morgan fingerprint density at radius 2 is 1.81 bits per heavy atom. The molecule has 7 rings (SSSR count). The summed E-state index contributed by atoms with van der Waals surface area (Å²) in [4.78, 5) is 13.5. The number of hydrogen-bond acceptors (Lipinski definition) is 9. The molecule has 12 atom stereocenters. The van der Waals surface area contributed by atoms with E-state index < -0.39 is 82.9 Å². The third-order valence-electron chi connectivity index (χ3n) is 9.91. The average Bonchev–Trinajstić information content (AvgIpc) is 3.49. The molecule has 4 N–H and O–H groups in total. The molecule has 3 heterocycles. The van der Waals surface area contributed by atoms with Crippen molar-refractivity contribution >= 4 is 5.78 Å². The summed E-state index contributed by atoms with van der Waals surface area (Å²) in [6.45, 7) is 8.64. The first kappa shape index (κ1) is 23.2. The van der Waals surface area contributed by atoms with Crippen LogP contribution in [0.5, 0.6) is 0 Å². The summed E-state index contributed by atoms with van der Waals surface area (Å²) in [6.07, 6.45) is -2.99. The van der Waals surface area contributed by atoms with Crippen molar-refractivity contribution in [2.45, 2.75) is 73.6 Å². The molecule has 3 aliphatic carbocycles. The van der Waals surface area contributed by atoms with Crippen molar-refractivity contribution in [2.75, 3.05) is 6.61 Å². The van der Waals surface area contributed by atoms with E-state index in [0.29, 0.717) is 11.1 Å². The van der Waals surface area contributed by atoms with Crippen molar-refractivity contribution < 1.29 is 44.2 Å². The van der Waals surface area contributed by atoms with Crippen LogP contribution in [0.25, 0.3) is 0 Å². The third kappa shape index (κ3) is 2.11. The van der Waals surface area contributed by atoms with E-state index in [9.17, 15) is 25.2 Å². The summed E-state index contributed by atoms with van der Waals surface area (Å²) in [6, 6.07) is 9.03. The molecule has 0 aromatic heterocycles. The summed E-state index contributed by atoms with van der Waals surface area (Å²) in [5.41, 5.74) is -5.48. The van der Waals surface area contributed by atoms with Gasteiger partial charge >= 0.3 is 5.97 Å². The van der Waals surface area contributed by atoms with Gasteiger partial charge in [-0.05, 0) is 25.0 Å². The molecular formula is C27H30O9. The van der Waals surface area contributed by atoms with Crippen molar-refractivity contribution in [3.8, 4) is 0 Å². The molecule has 192 valence electrons. The molecule has 9 nitrogen and oxygen atoms in total. The summed E-state index contributed by atoms with van der Waals surface area (Å²) >= 11 is 0. The number of hydrogen-bond donors (Lipinski definition) is 4. The van der Waals surface area contributed by atoms with Crippen molar-refractivity contribution in [1.82, 2.24) is 0 Å². The zero-order valence-corrected chi connectivity index (χ0v) is 20.2. The smallest absolute Gasteiger partial charge is 0.314 e. The number of carbonyl (C=O) groups is 1. The van der Waals surface area contributed by atoms with Gasteiger partial charge in [-0.25, -0.2) is 0 Å². The number of epoxide rings is 1. The van der Waals surface area contributed by atoms with Crippen molar-refractivity contribution in [2.24, 2.45) is 17.8 Å². The highest BCUT2D eigenvalue weighted by Gasteiger charge is 2.90. The Hall–Kier alpha value is -1.95. The van der Waals surface area contributed by atoms with E-state index in [-0.39, 0.29) is 5.57 Å². The first-order valence-corrected chi connectivity index (χ1v) is 12.4. The second kappa shape index (κ2) is 6.54. The number of fused-ring (bicyclic) bond motifs is 3. The number of carbonyl (C=O) groups excluding carboxylic acids is 1. The minimum atomic E-state index is -2.35. The maximum atomic E-state index is 13.5. The largest absolute Gasteiger partial charge is 0.393 e. The highest BCUT2D eigenvalue weighted by molar-refractivity contribution is 6.05. The standard InChI is InChI=1S/C27H30O9/c1-12(2)25-19(30)14(4)26-16-10-13(3)18(29)24(16,32)22(31)23(11-28)20(33-23)17(26)21(25)34-27(35-25,36-26)15-8-6-5-7-9-15/h5-10,14,16-17,19-22,28,30-32H,1,11H2,2-4H3/t14-,16-,17+,19-,20+,21-,22-,23+,24+,25+,26+,27-/m1/s1. The molecule has 3 saturated heterocycles. The number of ether oxygens (including phenoxy) is 4.